The summed E-state index contributed by atoms with van der Waals surface area (Å²) in [7, 11) is 0. The van der Waals surface area contributed by atoms with Crippen molar-refractivity contribution in [2.45, 2.75) is 31.8 Å². The maximum absolute atomic E-state index is 12.1. The summed E-state index contributed by atoms with van der Waals surface area (Å²) < 4.78 is 5.48. The van der Waals surface area contributed by atoms with Crippen molar-refractivity contribution < 1.29 is 19.4 Å². The Morgan fingerprint density at radius 3 is 2.68 bits per heavy atom. The summed E-state index contributed by atoms with van der Waals surface area (Å²) in [5.74, 6) is -0.664. The van der Waals surface area contributed by atoms with Gasteiger partial charge in [0.2, 0.25) is 5.91 Å². The van der Waals surface area contributed by atoms with Crippen molar-refractivity contribution in [3.63, 3.8) is 0 Å². The summed E-state index contributed by atoms with van der Waals surface area (Å²) in [5, 5.41) is 8.78. The molecule has 2 saturated heterocycles. The van der Waals surface area contributed by atoms with E-state index in [1.807, 2.05) is 9.80 Å². The van der Waals surface area contributed by atoms with Crippen LogP contribution in [0.15, 0.2) is 0 Å². The quantitative estimate of drug-likeness (QED) is 0.789. The van der Waals surface area contributed by atoms with E-state index in [-0.39, 0.29) is 18.6 Å². The fraction of sp³-hybridized carbons (Fsp3) is 0.846. The largest absolute Gasteiger partial charge is 0.480 e. The lowest BCUT2D eigenvalue weighted by Crippen LogP contribution is -2.37. The van der Waals surface area contributed by atoms with Gasteiger partial charge in [0.05, 0.1) is 19.1 Å². The minimum absolute atomic E-state index is 0.0633. The first-order valence-corrected chi connectivity index (χ1v) is 6.98. The van der Waals surface area contributed by atoms with Gasteiger partial charge in [-0.05, 0) is 19.3 Å². The molecule has 2 aliphatic rings. The van der Waals surface area contributed by atoms with E-state index in [9.17, 15) is 9.59 Å². The fourth-order valence-electron chi connectivity index (χ4n) is 2.70. The average Bonchev–Trinajstić information content (AvgIpc) is 2.74. The maximum atomic E-state index is 12.1. The normalized spacial score (nSPS) is 25.3. The molecule has 2 fully saturated rings. The Balaban J connectivity index is 1.77. The van der Waals surface area contributed by atoms with E-state index in [0.717, 1.165) is 39.0 Å². The van der Waals surface area contributed by atoms with Gasteiger partial charge in [0, 0.05) is 32.8 Å². The minimum atomic E-state index is -0.806. The lowest BCUT2D eigenvalue weighted by Gasteiger charge is -2.22. The molecule has 0 aromatic heterocycles. The van der Waals surface area contributed by atoms with Gasteiger partial charge in [0.25, 0.3) is 0 Å². The van der Waals surface area contributed by atoms with Crippen molar-refractivity contribution >= 4 is 11.9 Å². The summed E-state index contributed by atoms with van der Waals surface area (Å²) in [6.45, 7) is 3.57. The molecule has 1 N–H and O–H groups in total. The van der Waals surface area contributed by atoms with Crippen LogP contribution in [-0.2, 0) is 14.3 Å². The van der Waals surface area contributed by atoms with Crippen LogP contribution in [0.25, 0.3) is 0 Å². The Bertz CT molecular complexity index is 329. The zero-order valence-electron chi connectivity index (χ0n) is 11.2. The SMILES string of the molecule is O=C(O)CN1CCCN(C(=O)CC2CCCO2)CC1. The molecule has 6 heteroatoms. The van der Waals surface area contributed by atoms with Crippen LogP contribution >= 0.6 is 0 Å². The number of ether oxygens (including phenoxy) is 1. The third kappa shape index (κ3) is 4.47. The molecule has 2 heterocycles. The van der Waals surface area contributed by atoms with Gasteiger partial charge >= 0.3 is 5.97 Å². The van der Waals surface area contributed by atoms with Crippen LogP contribution < -0.4 is 0 Å². The van der Waals surface area contributed by atoms with Gasteiger partial charge in [0.15, 0.2) is 0 Å². The van der Waals surface area contributed by atoms with Crippen molar-refractivity contribution in [1.82, 2.24) is 9.80 Å². The van der Waals surface area contributed by atoms with Crippen molar-refractivity contribution in [2.24, 2.45) is 0 Å². The molecule has 0 spiro atoms. The van der Waals surface area contributed by atoms with Crippen LogP contribution in [0.2, 0.25) is 0 Å². The monoisotopic (exact) mass is 270 g/mol. The Hall–Kier alpha value is -1.14. The van der Waals surface area contributed by atoms with Crippen molar-refractivity contribution in [2.75, 3.05) is 39.3 Å². The second kappa shape index (κ2) is 6.86. The van der Waals surface area contributed by atoms with Crippen molar-refractivity contribution in [3.05, 3.63) is 0 Å². The predicted octanol–water partition coefficient (Wildman–Crippen LogP) is 0.174. The van der Waals surface area contributed by atoms with Gasteiger partial charge in [-0.25, -0.2) is 0 Å². The molecule has 6 nitrogen and oxygen atoms in total. The molecule has 0 aromatic carbocycles. The number of rotatable bonds is 4. The Morgan fingerprint density at radius 2 is 2.00 bits per heavy atom. The van der Waals surface area contributed by atoms with Gasteiger partial charge in [0.1, 0.15) is 0 Å². The van der Waals surface area contributed by atoms with Gasteiger partial charge in [-0.2, -0.15) is 0 Å². The van der Waals surface area contributed by atoms with Gasteiger partial charge in [-0.3, -0.25) is 14.5 Å². The van der Waals surface area contributed by atoms with E-state index >= 15 is 0 Å². The second-order valence-corrected chi connectivity index (χ2v) is 5.24. The number of carbonyl (C=O) groups excluding carboxylic acids is 1. The number of carboxylic acid groups (broad SMARTS) is 1. The summed E-state index contributed by atoms with van der Waals surface area (Å²) >= 11 is 0. The lowest BCUT2D eigenvalue weighted by atomic mass is 10.1. The van der Waals surface area contributed by atoms with Crippen LogP contribution in [0.3, 0.4) is 0 Å². The highest BCUT2D eigenvalue weighted by Crippen LogP contribution is 2.17. The number of hydrogen-bond acceptors (Lipinski definition) is 4. The maximum Gasteiger partial charge on any atom is 0.317 e. The van der Waals surface area contributed by atoms with E-state index in [1.165, 1.54) is 0 Å². The van der Waals surface area contributed by atoms with Crippen molar-refractivity contribution in [3.8, 4) is 0 Å². The minimum Gasteiger partial charge on any atom is -0.480 e. The highest BCUT2D eigenvalue weighted by atomic mass is 16.5. The molecule has 0 aliphatic carbocycles. The molecule has 2 aliphatic heterocycles. The average molecular weight is 270 g/mol. The van der Waals surface area contributed by atoms with Crippen LogP contribution in [0, 0.1) is 0 Å². The summed E-state index contributed by atoms with van der Waals surface area (Å²) in [4.78, 5) is 26.6. The summed E-state index contributed by atoms with van der Waals surface area (Å²) in [6, 6.07) is 0. The van der Waals surface area contributed by atoms with Crippen LogP contribution in [0.1, 0.15) is 25.7 Å². The zero-order chi connectivity index (χ0) is 13.7. The van der Waals surface area contributed by atoms with E-state index in [1.54, 1.807) is 0 Å². The Labute approximate surface area is 113 Å². The van der Waals surface area contributed by atoms with Gasteiger partial charge in [-0.15, -0.1) is 0 Å². The molecular weight excluding hydrogens is 248 g/mol. The number of aliphatic carboxylic acids is 1. The molecule has 2 rings (SSSR count). The molecule has 0 bridgehead atoms. The number of hydrogen-bond donors (Lipinski definition) is 1. The van der Waals surface area contributed by atoms with E-state index < -0.39 is 5.97 Å². The standard InChI is InChI=1S/C13H22N2O4/c16-12(9-11-3-1-8-19-11)15-5-2-4-14(6-7-15)10-13(17)18/h11H,1-10H2,(H,17,18). The number of nitrogens with zero attached hydrogens (tertiary/aromatic N) is 2. The smallest absolute Gasteiger partial charge is 0.317 e. The molecule has 19 heavy (non-hydrogen) atoms. The molecule has 0 saturated carbocycles. The topological polar surface area (TPSA) is 70.1 Å². The summed E-state index contributed by atoms with van der Waals surface area (Å²) in [5.41, 5.74) is 0. The molecular formula is C13H22N2O4. The lowest BCUT2D eigenvalue weighted by molar-refractivity contribution is -0.138. The first-order valence-electron chi connectivity index (χ1n) is 6.98. The van der Waals surface area contributed by atoms with Gasteiger partial charge < -0.3 is 14.7 Å². The molecule has 108 valence electrons. The molecule has 1 amide bonds. The molecule has 1 unspecified atom stereocenters. The Morgan fingerprint density at radius 1 is 1.16 bits per heavy atom. The first kappa shape index (κ1) is 14.3. The van der Waals surface area contributed by atoms with E-state index in [0.29, 0.717) is 19.5 Å². The predicted molar refractivity (Wildman–Crippen MR) is 68.9 cm³/mol. The first-order chi connectivity index (χ1) is 9.15. The third-order valence-electron chi connectivity index (χ3n) is 3.73. The van der Waals surface area contributed by atoms with Crippen molar-refractivity contribution in [1.29, 1.82) is 0 Å². The fourth-order valence-corrected chi connectivity index (χ4v) is 2.70. The van der Waals surface area contributed by atoms with Crippen LogP contribution in [0.5, 0.6) is 0 Å². The number of amides is 1. The van der Waals surface area contributed by atoms with E-state index in [4.69, 9.17) is 9.84 Å². The van der Waals surface area contributed by atoms with Crippen LogP contribution in [-0.4, -0.2) is 72.2 Å². The number of carboxylic acids is 1. The highest BCUT2D eigenvalue weighted by Gasteiger charge is 2.24. The number of carbonyl (C=O) groups is 2. The van der Waals surface area contributed by atoms with Crippen LogP contribution in [0.4, 0.5) is 0 Å². The highest BCUT2D eigenvalue weighted by molar-refractivity contribution is 5.76. The zero-order valence-corrected chi connectivity index (χ0v) is 11.2. The molecule has 0 radical (unpaired) electrons. The second-order valence-electron chi connectivity index (χ2n) is 5.24. The van der Waals surface area contributed by atoms with Gasteiger partial charge in [-0.1, -0.05) is 0 Å². The van der Waals surface area contributed by atoms with E-state index in [2.05, 4.69) is 0 Å². The third-order valence-corrected chi connectivity index (χ3v) is 3.73. The summed E-state index contributed by atoms with van der Waals surface area (Å²) in [6.07, 6.45) is 3.42. The Kier molecular flexibility index (Phi) is 5.15. The molecule has 0 aromatic rings. The molecule has 1 atom stereocenters.